The molecule has 0 saturated carbocycles. The number of sulfonamides is 1. The van der Waals surface area contributed by atoms with Gasteiger partial charge in [0.2, 0.25) is 15.9 Å². The summed E-state index contributed by atoms with van der Waals surface area (Å²) < 4.78 is 26.9. The van der Waals surface area contributed by atoms with E-state index in [1.54, 1.807) is 46.9 Å². The molecule has 5 rings (SSSR count). The van der Waals surface area contributed by atoms with E-state index in [0.29, 0.717) is 18.8 Å². The Morgan fingerprint density at radius 2 is 1.78 bits per heavy atom. The van der Waals surface area contributed by atoms with E-state index in [1.165, 1.54) is 19.6 Å². The summed E-state index contributed by atoms with van der Waals surface area (Å²) in [5.74, 6) is -0.0969. The van der Waals surface area contributed by atoms with E-state index in [1.807, 2.05) is 0 Å². The first kappa shape index (κ1) is 21.8. The highest BCUT2D eigenvalue weighted by Crippen LogP contribution is 2.39. The van der Waals surface area contributed by atoms with Gasteiger partial charge in [0.15, 0.2) is 0 Å². The third kappa shape index (κ3) is 4.27. The van der Waals surface area contributed by atoms with Crippen LogP contribution in [0.4, 0.5) is 5.69 Å². The number of nitrogens with zero attached hydrogens (tertiary/aromatic N) is 2. The highest BCUT2D eigenvalue weighted by Gasteiger charge is 2.31. The largest absolute Gasteiger partial charge is 0.325 e. The van der Waals surface area contributed by atoms with Gasteiger partial charge in [0.1, 0.15) is 0 Å². The van der Waals surface area contributed by atoms with Crippen molar-refractivity contribution in [3.05, 3.63) is 68.5 Å². The lowest BCUT2D eigenvalue weighted by atomic mass is 9.98. The van der Waals surface area contributed by atoms with Gasteiger partial charge < -0.3 is 5.32 Å². The van der Waals surface area contributed by atoms with E-state index in [4.69, 9.17) is 0 Å². The standard InChI is InChI=1S/C23H25N3O3S3/c27-22(24-17-5-7-18(8-6-17)32(28,29)26-11-1-2-12-26)16-25-13-9-20-19(10-15-31-20)23(25)21-4-3-14-30-21/h3-8,10,14-15,23H,1-2,9,11-13,16H2,(H,24,27)/t23-/m0/s1. The molecule has 1 saturated heterocycles. The Hall–Kier alpha value is -2.04. The number of carbonyl (C=O) groups is 1. The van der Waals surface area contributed by atoms with Gasteiger partial charge in [-0.1, -0.05) is 6.07 Å². The number of fused-ring (bicyclic) bond motifs is 1. The van der Waals surface area contributed by atoms with Gasteiger partial charge in [-0.2, -0.15) is 4.31 Å². The van der Waals surface area contributed by atoms with Gasteiger partial charge in [0, 0.05) is 35.1 Å². The number of hydrogen-bond donors (Lipinski definition) is 1. The molecular weight excluding hydrogens is 462 g/mol. The Morgan fingerprint density at radius 1 is 1.00 bits per heavy atom. The van der Waals surface area contributed by atoms with Gasteiger partial charge in [-0.05, 0) is 72.0 Å². The zero-order valence-corrected chi connectivity index (χ0v) is 20.0. The number of nitrogens with one attached hydrogen (secondary N) is 1. The fourth-order valence-electron chi connectivity index (χ4n) is 4.49. The van der Waals surface area contributed by atoms with E-state index in [9.17, 15) is 13.2 Å². The number of amides is 1. The lowest BCUT2D eigenvalue weighted by Crippen LogP contribution is -2.40. The number of anilines is 1. The number of carbonyl (C=O) groups excluding carboxylic acids is 1. The van der Waals surface area contributed by atoms with Crippen molar-refractivity contribution < 1.29 is 13.2 Å². The second kappa shape index (κ2) is 9.07. The summed E-state index contributed by atoms with van der Waals surface area (Å²) in [4.78, 5) is 18.0. The van der Waals surface area contributed by atoms with Gasteiger partial charge in [-0.15, -0.1) is 22.7 Å². The summed E-state index contributed by atoms with van der Waals surface area (Å²) in [6.45, 7) is 2.27. The van der Waals surface area contributed by atoms with Crippen molar-refractivity contribution in [3.8, 4) is 0 Å². The van der Waals surface area contributed by atoms with Crippen molar-refractivity contribution in [2.24, 2.45) is 0 Å². The molecule has 0 radical (unpaired) electrons. The molecule has 2 aliphatic rings. The van der Waals surface area contributed by atoms with Crippen molar-refractivity contribution in [1.82, 2.24) is 9.21 Å². The Bertz CT molecular complexity index is 1180. The van der Waals surface area contributed by atoms with Crippen LogP contribution in [0.1, 0.15) is 34.2 Å². The molecule has 1 atom stereocenters. The van der Waals surface area contributed by atoms with Gasteiger partial charge in [-0.25, -0.2) is 8.42 Å². The van der Waals surface area contributed by atoms with E-state index < -0.39 is 10.0 Å². The predicted octanol–water partition coefficient (Wildman–Crippen LogP) is 4.18. The van der Waals surface area contributed by atoms with Crippen LogP contribution in [0.15, 0.2) is 58.1 Å². The van der Waals surface area contributed by atoms with Crippen LogP contribution in [-0.2, 0) is 21.2 Å². The zero-order valence-electron chi connectivity index (χ0n) is 17.6. The van der Waals surface area contributed by atoms with Crippen LogP contribution in [0, 0.1) is 0 Å². The first-order valence-corrected chi connectivity index (χ1v) is 14.0. The second-order valence-corrected chi connectivity index (χ2v) is 12.0. The molecule has 1 fully saturated rings. The van der Waals surface area contributed by atoms with Crippen LogP contribution in [0.5, 0.6) is 0 Å². The summed E-state index contributed by atoms with van der Waals surface area (Å²) in [7, 11) is -3.45. The quantitative estimate of drug-likeness (QED) is 0.566. The van der Waals surface area contributed by atoms with Gasteiger partial charge >= 0.3 is 0 Å². The molecular formula is C23H25N3O3S3. The van der Waals surface area contributed by atoms with Crippen molar-refractivity contribution in [2.75, 3.05) is 31.5 Å². The third-order valence-corrected chi connectivity index (χ3v) is 9.90. The molecule has 2 aromatic heterocycles. The SMILES string of the molecule is O=C(CN1CCc2sccc2[C@H]1c1cccs1)Nc1ccc(S(=O)(=O)N2CCCC2)cc1. The number of benzene rings is 1. The molecule has 0 spiro atoms. The minimum Gasteiger partial charge on any atom is -0.325 e. The fraction of sp³-hybridized carbons (Fsp3) is 0.348. The van der Waals surface area contributed by atoms with Crippen LogP contribution in [0.2, 0.25) is 0 Å². The molecule has 1 N–H and O–H groups in total. The molecule has 0 aliphatic carbocycles. The van der Waals surface area contributed by atoms with E-state index in [2.05, 4.69) is 39.2 Å². The Balaban J connectivity index is 1.27. The van der Waals surface area contributed by atoms with E-state index in [-0.39, 0.29) is 23.4 Å². The summed E-state index contributed by atoms with van der Waals surface area (Å²) >= 11 is 3.50. The van der Waals surface area contributed by atoms with Crippen LogP contribution in [0.3, 0.4) is 0 Å². The van der Waals surface area contributed by atoms with Crippen molar-refractivity contribution in [1.29, 1.82) is 0 Å². The molecule has 0 bridgehead atoms. The van der Waals surface area contributed by atoms with Crippen molar-refractivity contribution in [3.63, 3.8) is 0 Å². The minimum absolute atomic E-state index is 0.0969. The zero-order chi connectivity index (χ0) is 22.1. The van der Waals surface area contributed by atoms with Crippen LogP contribution in [0.25, 0.3) is 0 Å². The molecule has 168 valence electrons. The topological polar surface area (TPSA) is 69.7 Å². The lowest BCUT2D eigenvalue weighted by molar-refractivity contribution is -0.117. The molecule has 2 aliphatic heterocycles. The van der Waals surface area contributed by atoms with E-state index in [0.717, 1.165) is 25.8 Å². The van der Waals surface area contributed by atoms with Gasteiger partial charge in [0.05, 0.1) is 17.5 Å². The normalized spacial score (nSPS) is 19.7. The summed E-state index contributed by atoms with van der Waals surface area (Å²) in [6.07, 6.45) is 2.76. The molecule has 0 unspecified atom stereocenters. The summed E-state index contributed by atoms with van der Waals surface area (Å²) in [5.41, 5.74) is 1.91. The molecule has 3 aromatic rings. The average Bonchev–Trinajstić information content (AvgIpc) is 3.56. The lowest BCUT2D eigenvalue weighted by Gasteiger charge is -2.34. The van der Waals surface area contributed by atoms with Gasteiger partial charge in [0.25, 0.3) is 0 Å². The highest BCUT2D eigenvalue weighted by atomic mass is 32.2. The van der Waals surface area contributed by atoms with Crippen LogP contribution >= 0.6 is 22.7 Å². The molecule has 4 heterocycles. The van der Waals surface area contributed by atoms with Crippen LogP contribution < -0.4 is 5.32 Å². The average molecular weight is 488 g/mol. The Labute approximate surface area is 196 Å². The van der Waals surface area contributed by atoms with Crippen molar-refractivity contribution >= 4 is 44.3 Å². The smallest absolute Gasteiger partial charge is 0.243 e. The number of hydrogen-bond acceptors (Lipinski definition) is 6. The maximum Gasteiger partial charge on any atom is 0.243 e. The van der Waals surface area contributed by atoms with Crippen LogP contribution in [-0.4, -0.2) is 49.7 Å². The number of rotatable bonds is 6. The Morgan fingerprint density at radius 3 is 2.50 bits per heavy atom. The minimum atomic E-state index is -3.45. The molecule has 6 nitrogen and oxygen atoms in total. The summed E-state index contributed by atoms with van der Waals surface area (Å²) in [5, 5.41) is 7.14. The predicted molar refractivity (Wildman–Crippen MR) is 129 cm³/mol. The summed E-state index contributed by atoms with van der Waals surface area (Å²) in [6, 6.07) is 13.0. The first-order chi connectivity index (χ1) is 15.5. The van der Waals surface area contributed by atoms with Gasteiger partial charge in [-0.3, -0.25) is 9.69 Å². The molecule has 1 amide bonds. The highest BCUT2D eigenvalue weighted by molar-refractivity contribution is 7.89. The molecule has 1 aromatic carbocycles. The maximum absolute atomic E-state index is 12.9. The molecule has 32 heavy (non-hydrogen) atoms. The van der Waals surface area contributed by atoms with E-state index >= 15 is 0 Å². The second-order valence-electron chi connectivity index (χ2n) is 8.12. The monoisotopic (exact) mass is 487 g/mol. The fourth-order valence-corrected chi connectivity index (χ4v) is 7.79. The van der Waals surface area contributed by atoms with Crippen molar-refractivity contribution in [2.45, 2.75) is 30.2 Å². The first-order valence-electron chi connectivity index (χ1n) is 10.8. The molecule has 9 heteroatoms. The number of thiophene rings is 2. The maximum atomic E-state index is 12.9. The third-order valence-electron chi connectivity index (χ3n) is 6.07. The Kier molecular flexibility index (Phi) is 6.18.